The number of aromatic nitrogens is 1. The molecule has 0 saturated carbocycles. The molecule has 0 saturated heterocycles. The molecule has 0 N–H and O–H groups in total. The van der Waals surface area contributed by atoms with Gasteiger partial charge in [-0.2, -0.15) is 0 Å². The van der Waals surface area contributed by atoms with Crippen LogP contribution in [0.25, 0.3) is 10.2 Å². The third-order valence-corrected chi connectivity index (χ3v) is 4.31. The van der Waals surface area contributed by atoms with Gasteiger partial charge in [-0.15, -0.1) is 11.3 Å². The molecule has 3 aromatic rings. The quantitative estimate of drug-likeness (QED) is 0.381. The van der Waals surface area contributed by atoms with Crippen LogP contribution in [-0.4, -0.2) is 23.3 Å². The van der Waals surface area contributed by atoms with Gasteiger partial charge in [0.05, 0.1) is 27.9 Å². The van der Waals surface area contributed by atoms with E-state index in [-0.39, 0.29) is 24.6 Å². The summed E-state index contributed by atoms with van der Waals surface area (Å²) in [6.45, 7) is 0.159. The van der Waals surface area contributed by atoms with E-state index in [9.17, 15) is 14.0 Å². The number of thiazole rings is 1. The predicted molar refractivity (Wildman–Crippen MR) is 89.9 cm³/mol. The van der Waals surface area contributed by atoms with Crippen molar-refractivity contribution in [3.63, 3.8) is 0 Å². The molecule has 24 heavy (non-hydrogen) atoms. The van der Waals surface area contributed by atoms with Crippen molar-refractivity contribution in [2.75, 3.05) is 6.61 Å². The van der Waals surface area contributed by atoms with Crippen molar-refractivity contribution >= 4 is 33.3 Å². The number of benzene rings is 2. The molecule has 0 aliphatic carbocycles. The number of rotatable bonds is 6. The van der Waals surface area contributed by atoms with E-state index in [1.54, 1.807) is 23.7 Å². The number of fused-ring (bicyclic) bond motifs is 1. The van der Waals surface area contributed by atoms with Gasteiger partial charge >= 0.3 is 5.97 Å². The molecule has 0 fully saturated rings. The lowest BCUT2D eigenvalue weighted by Crippen LogP contribution is -2.08. The van der Waals surface area contributed by atoms with E-state index in [1.807, 2.05) is 0 Å². The van der Waals surface area contributed by atoms with Crippen LogP contribution in [0.3, 0.4) is 0 Å². The van der Waals surface area contributed by atoms with Crippen molar-refractivity contribution in [1.29, 1.82) is 0 Å². The maximum absolute atomic E-state index is 12.8. The van der Waals surface area contributed by atoms with Crippen LogP contribution >= 0.6 is 11.3 Å². The molecular weight excluding hydrogens is 329 g/mol. The second-order valence-corrected chi connectivity index (χ2v) is 6.09. The number of esters is 1. The molecule has 3 rings (SSSR count). The molecule has 4 nitrogen and oxygen atoms in total. The average molecular weight is 343 g/mol. The van der Waals surface area contributed by atoms with Crippen LogP contribution in [0, 0.1) is 5.82 Å². The molecule has 122 valence electrons. The Labute approximate surface area is 141 Å². The van der Waals surface area contributed by atoms with Gasteiger partial charge in [0.2, 0.25) is 0 Å². The van der Waals surface area contributed by atoms with E-state index in [2.05, 4.69) is 4.98 Å². The van der Waals surface area contributed by atoms with Gasteiger partial charge in [0.15, 0.2) is 5.78 Å². The number of ketones is 1. The Bertz CT molecular complexity index is 873. The Morgan fingerprint density at radius 1 is 1.08 bits per heavy atom. The molecule has 6 heteroatoms. The Morgan fingerprint density at radius 3 is 2.62 bits per heavy atom. The molecule has 0 aliphatic rings. The van der Waals surface area contributed by atoms with Crippen LogP contribution in [0.2, 0.25) is 0 Å². The standard InChI is InChI=1S/C18H14FNO3S/c19-14-6-3-12(4-7-14)16(21)2-1-9-23-18(22)13-5-8-15-17(10-13)24-11-20-15/h3-8,10-11H,1-2,9H2. The van der Waals surface area contributed by atoms with Gasteiger partial charge in [-0.05, 0) is 48.9 Å². The molecule has 1 heterocycles. The van der Waals surface area contributed by atoms with Gasteiger partial charge in [-0.1, -0.05) is 0 Å². The molecule has 0 radical (unpaired) electrons. The maximum Gasteiger partial charge on any atom is 0.338 e. The fourth-order valence-electron chi connectivity index (χ4n) is 2.24. The Kier molecular flexibility index (Phi) is 4.96. The molecule has 0 atom stereocenters. The number of hydrogen-bond donors (Lipinski definition) is 0. The fourth-order valence-corrected chi connectivity index (χ4v) is 2.96. The Morgan fingerprint density at radius 2 is 1.83 bits per heavy atom. The lowest BCUT2D eigenvalue weighted by molar-refractivity contribution is 0.0494. The summed E-state index contributed by atoms with van der Waals surface area (Å²) in [6, 6.07) is 10.6. The van der Waals surface area contributed by atoms with Gasteiger partial charge < -0.3 is 4.74 Å². The maximum atomic E-state index is 12.8. The van der Waals surface area contributed by atoms with E-state index in [1.165, 1.54) is 35.6 Å². The van der Waals surface area contributed by atoms with Crippen LogP contribution in [0.4, 0.5) is 4.39 Å². The monoisotopic (exact) mass is 343 g/mol. The van der Waals surface area contributed by atoms with E-state index in [0.29, 0.717) is 17.5 Å². The average Bonchev–Trinajstić information content (AvgIpc) is 3.06. The van der Waals surface area contributed by atoms with Gasteiger partial charge in [-0.3, -0.25) is 4.79 Å². The van der Waals surface area contributed by atoms with Crippen LogP contribution < -0.4 is 0 Å². The highest BCUT2D eigenvalue weighted by molar-refractivity contribution is 7.16. The minimum atomic E-state index is -0.417. The van der Waals surface area contributed by atoms with Crippen molar-refractivity contribution in [2.24, 2.45) is 0 Å². The summed E-state index contributed by atoms with van der Waals surface area (Å²) in [5.41, 5.74) is 3.50. The summed E-state index contributed by atoms with van der Waals surface area (Å²) in [6.07, 6.45) is 0.664. The van der Waals surface area contributed by atoms with Crippen LogP contribution in [-0.2, 0) is 4.74 Å². The summed E-state index contributed by atoms with van der Waals surface area (Å²) >= 11 is 1.46. The Balaban J connectivity index is 1.48. The van der Waals surface area contributed by atoms with Crippen molar-refractivity contribution < 1.29 is 18.7 Å². The topological polar surface area (TPSA) is 56.3 Å². The van der Waals surface area contributed by atoms with Crippen molar-refractivity contribution in [3.05, 3.63) is 64.9 Å². The molecule has 0 amide bonds. The molecule has 2 aromatic carbocycles. The molecule has 0 bridgehead atoms. The summed E-state index contributed by atoms with van der Waals surface area (Å²) in [7, 11) is 0. The largest absolute Gasteiger partial charge is 0.462 e. The normalized spacial score (nSPS) is 10.7. The van der Waals surface area contributed by atoms with E-state index >= 15 is 0 Å². The molecule has 0 aliphatic heterocycles. The number of hydrogen-bond acceptors (Lipinski definition) is 5. The van der Waals surface area contributed by atoms with Crippen molar-refractivity contribution in [3.8, 4) is 0 Å². The van der Waals surface area contributed by atoms with Gasteiger partial charge in [-0.25, -0.2) is 14.2 Å². The zero-order valence-corrected chi connectivity index (χ0v) is 13.5. The minimum absolute atomic E-state index is 0.0999. The lowest BCUT2D eigenvalue weighted by atomic mass is 10.1. The van der Waals surface area contributed by atoms with E-state index in [0.717, 1.165) is 10.2 Å². The van der Waals surface area contributed by atoms with Gasteiger partial charge in [0, 0.05) is 12.0 Å². The number of carbonyl (C=O) groups excluding carboxylic acids is 2. The highest BCUT2D eigenvalue weighted by atomic mass is 32.1. The minimum Gasteiger partial charge on any atom is -0.462 e. The van der Waals surface area contributed by atoms with Crippen molar-refractivity contribution in [1.82, 2.24) is 4.98 Å². The first-order chi connectivity index (χ1) is 11.6. The molecular formula is C18H14FNO3S. The first-order valence-electron chi connectivity index (χ1n) is 7.42. The first-order valence-corrected chi connectivity index (χ1v) is 8.30. The lowest BCUT2D eigenvalue weighted by Gasteiger charge is -2.05. The highest BCUT2D eigenvalue weighted by Crippen LogP contribution is 2.19. The smallest absolute Gasteiger partial charge is 0.338 e. The number of halogens is 1. The first kappa shape index (κ1) is 16.3. The number of nitrogens with zero attached hydrogens (tertiary/aromatic N) is 1. The fraction of sp³-hybridized carbons (Fsp3) is 0.167. The third-order valence-electron chi connectivity index (χ3n) is 3.51. The zero-order valence-electron chi connectivity index (χ0n) is 12.7. The molecule has 0 spiro atoms. The van der Waals surface area contributed by atoms with Crippen molar-refractivity contribution in [2.45, 2.75) is 12.8 Å². The van der Waals surface area contributed by atoms with E-state index < -0.39 is 5.97 Å². The van der Waals surface area contributed by atoms with Crippen LogP contribution in [0.1, 0.15) is 33.6 Å². The molecule has 0 unspecified atom stereocenters. The summed E-state index contributed by atoms with van der Waals surface area (Å²) in [4.78, 5) is 28.1. The highest BCUT2D eigenvalue weighted by Gasteiger charge is 2.10. The predicted octanol–water partition coefficient (Wildman–Crippen LogP) is 4.26. The SMILES string of the molecule is O=C(CCCOC(=O)c1ccc2ncsc2c1)c1ccc(F)cc1. The second-order valence-electron chi connectivity index (χ2n) is 5.20. The summed E-state index contributed by atoms with van der Waals surface area (Å²) in [5, 5.41) is 0. The van der Waals surface area contributed by atoms with Gasteiger partial charge in [0.1, 0.15) is 5.82 Å². The Hall–Kier alpha value is -2.60. The second kappa shape index (κ2) is 7.31. The molecule has 1 aromatic heterocycles. The summed E-state index contributed by atoms with van der Waals surface area (Å²) < 4.78 is 18.9. The number of carbonyl (C=O) groups is 2. The number of ether oxygens (including phenoxy) is 1. The van der Waals surface area contributed by atoms with Crippen LogP contribution in [0.5, 0.6) is 0 Å². The summed E-state index contributed by atoms with van der Waals surface area (Å²) in [5.74, 6) is -0.893. The zero-order chi connectivity index (χ0) is 16.9. The van der Waals surface area contributed by atoms with E-state index in [4.69, 9.17) is 4.74 Å². The van der Waals surface area contributed by atoms with Crippen LogP contribution in [0.15, 0.2) is 48.0 Å². The number of Topliss-reactive ketones (excluding diaryl/α,β-unsaturated/α-hetero) is 1. The van der Waals surface area contributed by atoms with Gasteiger partial charge in [0.25, 0.3) is 0 Å². The third kappa shape index (κ3) is 3.83.